The Morgan fingerprint density at radius 2 is 1.87 bits per heavy atom. The van der Waals surface area contributed by atoms with Crippen LogP contribution < -0.4 is 5.56 Å². The lowest BCUT2D eigenvalue weighted by atomic mass is 10.0. The number of rotatable bonds is 5. The fourth-order valence-electron chi connectivity index (χ4n) is 4.64. The van der Waals surface area contributed by atoms with Crippen molar-refractivity contribution in [2.75, 3.05) is 0 Å². The van der Waals surface area contributed by atoms with Crippen molar-refractivity contribution < 1.29 is 0 Å². The number of hydrogen-bond donors (Lipinski definition) is 1. The molecule has 1 saturated carbocycles. The Bertz CT molecular complexity index is 1100. The third-order valence-electron chi connectivity index (χ3n) is 6.12. The number of aromatic amines is 1. The molecular weight excluding hydrogens is 376 g/mol. The quantitative estimate of drug-likeness (QED) is 0.694. The van der Waals surface area contributed by atoms with Gasteiger partial charge in [-0.1, -0.05) is 18.9 Å². The van der Waals surface area contributed by atoms with Crippen molar-refractivity contribution in [2.45, 2.75) is 85.0 Å². The van der Waals surface area contributed by atoms with Crippen molar-refractivity contribution in [1.82, 2.24) is 30.1 Å². The number of fused-ring (bicyclic) bond motifs is 1. The van der Waals surface area contributed by atoms with Crippen LogP contribution in [0.4, 0.5) is 0 Å². The Kier molecular flexibility index (Phi) is 5.49. The molecule has 2 aromatic heterocycles. The summed E-state index contributed by atoms with van der Waals surface area (Å²) in [5, 5.41) is 13.6. The zero-order valence-electron chi connectivity index (χ0n) is 18.7. The van der Waals surface area contributed by atoms with Crippen molar-refractivity contribution in [3.8, 4) is 0 Å². The molecule has 0 spiro atoms. The van der Waals surface area contributed by atoms with Crippen LogP contribution in [0, 0.1) is 13.8 Å². The molecular formula is C23H32N6O. The average Bonchev–Trinajstić information content (AvgIpc) is 3.33. The van der Waals surface area contributed by atoms with E-state index in [1.165, 1.54) is 18.4 Å². The van der Waals surface area contributed by atoms with Crippen LogP contribution in [0.2, 0.25) is 0 Å². The minimum atomic E-state index is -0.185. The Hall–Kier alpha value is -2.54. The number of nitrogens with one attached hydrogen (secondary N) is 1. The highest BCUT2D eigenvalue weighted by atomic mass is 16.1. The summed E-state index contributed by atoms with van der Waals surface area (Å²) in [5.41, 5.74) is 3.86. The predicted molar refractivity (Wildman–Crippen MR) is 118 cm³/mol. The fourth-order valence-corrected chi connectivity index (χ4v) is 4.64. The molecule has 4 rings (SSSR count). The van der Waals surface area contributed by atoms with E-state index >= 15 is 0 Å². The summed E-state index contributed by atoms with van der Waals surface area (Å²) in [5.74, 6) is 0.846. The van der Waals surface area contributed by atoms with Crippen LogP contribution >= 0.6 is 0 Å². The third-order valence-corrected chi connectivity index (χ3v) is 6.12. The second kappa shape index (κ2) is 7.95. The minimum absolute atomic E-state index is 0.00842. The van der Waals surface area contributed by atoms with Crippen LogP contribution in [0.3, 0.4) is 0 Å². The summed E-state index contributed by atoms with van der Waals surface area (Å²) in [4.78, 5) is 18.4. The predicted octanol–water partition coefficient (Wildman–Crippen LogP) is 3.83. The molecule has 160 valence electrons. The van der Waals surface area contributed by atoms with Gasteiger partial charge in [0.25, 0.3) is 5.56 Å². The number of tetrazole rings is 1. The van der Waals surface area contributed by atoms with Crippen molar-refractivity contribution in [1.29, 1.82) is 0 Å². The van der Waals surface area contributed by atoms with E-state index in [9.17, 15) is 4.79 Å². The topological polar surface area (TPSA) is 79.7 Å². The van der Waals surface area contributed by atoms with Gasteiger partial charge in [-0.05, 0) is 81.1 Å². The summed E-state index contributed by atoms with van der Waals surface area (Å²) in [7, 11) is 0. The molecule has 0 amide bonds. The van der Waals surface area contributed by atoms with Gasteiger partial charge in [0.1, 0.15) is 0 Å². The SMILES string of the molecule is Cc1cc(C)c2cc(CN(Cc3nnnn3C(C)(C)C)C3CCCC3)c(=O)[nH]c2c1. The molecule has 1 aliphatic carbocycles. The van der Waals surface area contributed by atoms with Gasteiger partial charge in [-0.25, -0.2) is 4.68 Å². The number of pyridine rings is 1. The molecule has 2 heterocycles. The summed E-state index contributed by atoms with van der Waals surface area (Å²) >= 11 is 0. The van der Waals surface area contributed by atoms with Gasteiger partial charge in [0, 0.05) is 29.1 Å². The summed E-state index contributed by atoms with van der Waals surface area (Å²) < 4.78 is 1.90. The standard InChI is InChI=1S/C23H32N6O/c1-15-10-16(2)19-12-17(22(30)24-20(19)11-15)13-28(18-8-6-7-9-18)14-21-25-26-27-29(21)23(3,4)5/h10-12,18H,6-9,13-14H2,1-5H3,(H,24,30). The number of H-pyrrole nitrogens is 1. The Morgan fingerprint density at radius 3 is 2.57 bits per heavy atom. The molecule has 7 heteroatoms. The molecule has 1 fully saturated rings. The molecule has 7 nitrogen and oxygen atoms in total. The molecule has 0 bridgehead atoms. The average molecular weight is 409 g/mol. The number of aryl methyl sites for hydroxylation is 2. The van der Waals surface area contributed by atoms with Gasteiger partial charge in [-0.2, -0.15) is 0 Å². The first-order valence-corrected chi connectivity index (χ1v) is 10.9. The first kappa shape index (κ1) is 20.7. The van der Waals surface area contributed by atoms with Gasteiger partial charge >= 0.3 is 0 Å². The lowest BCUT2D eigenvalue weighted by molar-refractivity contribution is 0.167. The first-order valence-electron chi connectivity index (χ1n) is 10.9. The van der Waals surface area contributed by atoms with Crippen molar-refractivity contribution in [3.63, 3.8) is 0 Å². The van der Waals surface area contributed by atoms with E-state index in [0.717, 1.165) is 40.7 Å². The molecule has 0 saturated heterocycles. The fraction of sp³-hybridized carbons (Fsp3) is 0.565. The van der Waals surface area contributed by atoms with E-state index in [4.69, 9.17) is 0 Å². The zero-order chi connectivity index (χ0) is 21.5. The second-order valence-electron chi connectivity index (χ2n) is 9.69. The van der Waals surface area contributed by atoms with Gasteiger partial charge in [0.05, 0.1) is 12.1 Å². The molecule has 0 atom stereocenters. The van der Waals surface area contributed by atoms with Crippen molar-refractivity contribution >= 4 is 10.9 Å². The Labute approximate surface area is 177 Å². The monoisotopic (exact) mass is 408 g/mol. The smallest absolute Gasteiger partial charge is 0.252 e. The maximum Gasteiger partial charge on any atom is 0.252 e. The molecule has 3 aromatic rings. The lowest BCUT2D eigenvalue weighted by Gasteiger charge is -2.29. The van der Waals surface area contributed by atoms with Crippen LogP contribution in [-0.2, 0) is 18.6 Å². The molecule has 0 unspecified atom stereocenters. The largest absolute Gasteiger partial charge is 0.322 e. The van der Waals surface area contributed by atoms with Crippen LogP contribution in [0.1, 0.15) is 69.0 Å². The van der Waals surface area contributed by atoms with Gasteiger partial charge < -0.3 is 4.98 Å². The Morgan fingerprint density at radius 1 is 1.13 bits per heavy atom. The summed E-state index contributed by atoms with van der Waals surface area (Å²) in [6.45, 7) is 11.7. The molecule has 1 aliphatic rings. The van der Waals surface area contributed by atoms with Gasteiger partial charge in [0.15, 0.2) is 5.82 Å². The molecule has 1 aromatic carbocycles. The van der Waals surface area contributed by atoms with E-state index in [1.54, 1.807) is 0 Å². The second-order valence-corrected chi connectivity index (χ2v) is 9.69. The maximum absolute atomic E-state index is 12.9. The highest BCUT2D eigenvalue weighted by Crippen LogP contribution is 2.27. The third kappa shape index (κ3) is 4.17. The zero-order valence-corrected chi connectivity index (χ0v) is 18.7. The minimum Gasteiger partial charge on any atom is -0.322 e. The Balaban J connectivity index is 1.69. The first-order chi connectivity index (χ1) is 14.2. The van der Waals surface area contributed by atoms with E-state index in [1.807, 2.05) is 10.7 Å². The summed E-state index contributed by atoms with van der Waals surface area (Å²) in [6, 6.07) is 6.72. The van der Waals surface area contributed by atoms with E-state index in [0.29, 0.717) is 19.1 Å². The van der Waals surface area contributed by atoms with Gasteiger partial charge in [-0.15, -0.1) is 5.10 Å². The van der Waals surface area contributed by atoms with E-state index in [-0.39, 0.29) is 11.1 Å². The molecule has 30 heavy (non-hydrogen) atoms. The number of hydrogen-bond acceptors (Lipinski definition) is 5. The van der Waals surface area contributed by atoms with E-state index < -0.39 is 0 Å². The molecule has 1 N–H and O–H groups in total. The normalized spacial score (nSPS) is 15.5. The summed E-state index contributed by atoms with van der Waals surface area (Å²) in [6.07, 6.45) is 4.78. The van der Waals surface area contributed by atoms with Crippen molar-refractivity contribution in [2.24, 2.45) is 0 Å². The van der Waals surface area contributed by atoms with Gasteiger partial charge in [-0.3, -0.25) is 9.69 Å². The molecule has 0 radical (unpaired) electrons. The van der Waals surface area contributed by atoms with Gasteiger partial charge in [0.2, 0.25) is 0 Å². The highest BCUT2D eigenvalue weighted by molar-refractivity contribution is 5.83. The molecule has 0 aliphatic heterocycles. The number of benzene rings is 1. The highest BCUT2D eigenvalue weighted by Gasteiger charge is 2.27. The number of aromatic nitrogens is 5. The van der Waals surface area contributed by atoms with E-state index in [2.05, 4.69) is 72.2 Å². The van der Waals surface area contributed by atoms with Crippen LogP contribution in [-0.4, -0.2) is 36.1 Å². The lowest BCUT2D eigenvalue weighted by Crippen LogP contribution is -2.36. The van der Waals surface area contributed by atoms with Crippen LogP contribution in [0.25, 0.3) is 10.9 Å². The number of nitrogens with zero attached hydrogens (tertiary/aromatic N) is 5. The van der Waals surface area contributed by atoms with Crippen LogP contribution in [0.5, 0.6) is 0 Å². The van der Waals surface area contributed by atoms with Crippen LogP contribution in [0.15, 0.2) is 23.0 Å². The maximum atomic E-state index is 12.9. The van der Waals surface area contributed by atoms with Crippen molar-refractivity contribution in [3.05, 3.63) is 51.1 Å².